The van der Waals surface area contributed by atoms with Gasteiger partial charge in [0.15, 0.2) is 5.82 Å². The summed E-state index contributed by atoms with van der Waals surface area (Å²) in [4.78, 5) is 4.17. The van der Waals surface area contributed by atoms with Crippen molar-refractivity contribution in [1.82, 2.24) is 15.5 Å². The van der Waals surface area contributed by atoms with E-state index >= 15 is 0 Å². The minimum absolute atomic E-state index is 0.666. The summed E-state index contributed by atoms with van der Waals surface area (Å²) in [6.45, 7) is 4.14. The Balaban J connectivity index is 1.78. The van der Waals surface area contributed by atoms with Crippen molar-refractivity contribution < 1.29 is 4.52 Å². The number of hydrogen-bond donors (Lipinski definition) is 1. The van der Waals surface area contributed by atoms with Crippen LogP contribution in [0.3, 0.4) is 0 Å². The quantitative estimate of drug-likeness (QED) is 0.753. The Morgan fingerprint density at radius 2 is 2.54 bits per heavy atom. The molecule has 0 radical (unpaired) electrons. The van der Waals surface area contributed by atoms with Crippen molar-refractivity contribution in [3.8, 4) is 0 Å². The molecule has 4 nitrogen and oxygen atoms in total. The van der Waals surface area contributed by atoms with Crippen LogP contribution in [0.1, 0.15) is 24.6 Å². The van der Waals surface area contributed by atoms with Crippen LogP contribution in [-0.4, -0.2) is 23.2 Å². The van der Waals surface area contributed by atoms with Crippen LogP contribution < -0.4 is 5.32 Å². The summed E-state index contributed by atoms with van der Waals surface area (Å²) in [5.41, 5.74) is 0. The van der Waals surface area contributed by atoms with Gasteiger partial charge in [-0.15, -0.1) is 0 Å². The third kappa shape index (κ3) is 2.28. The summed E-state index contributed by atoms with van der Waals surface area (Å²) in [6.07, 6.45) is 3.41. The third-order valence-corrected chi connectivity index (χ3v) is 2.51. The van der Waals surface area contributed by atoms with Crippen LogP contribution in [-0.2, 0) is 6.42 Å². The van der Waals surface area contributed by atoms with Crippen molar-refractivity contribution in [2.24, 2.45) is 5.92 Å². The molecule has 1 unspecified atom stereocenters. The second-order valence-electron chi connectivity index (χ2n) is 3.63. The highest BCUT2D eigenvalue weighted by Crippen LogP contribution is 2.14. The van der Waals surface area contributed by atoms with Crippen LogP contribution in [0.4, 0.5) is 0 Å². The molecule has 0 aromatic carbocycles. The maximum Gasteiger partial charge on any atom is 0.223 e. The fourth-order valence-corrected chi connectivity index (χ4v) is 1.74. The Hall–Kier alpha value is -0.900. The highest BCUT2D eigenvalue weighted by Gasteiger charge is 2.15. The van der Waals surface area contributed by atoms with Gasteiger partial charge < -0.3 is 9.84 Å². The first-order chi connectivity index (χ1) is 6.34. The van der Waals surface area contributed by atoms with Gasteiger partial charge in [-0.25, -0.2) is 0 Å². The zero-order valence-corrected chi connectivity index (χ0v) is 7.92. The molecule has 72 valence electrons. The molecular weight excluding hydrogens is 166 g/mol. The monoisotopic (exact) mass is 181 g/mol. The Labute approximate surface area is 77.7 Å². The van der Waals surface area contributed by atoms with E-state index in [-0.39, 0.29) is 0 Å². The molecule has 2 rings (SSSR count). The summed E-state index contributed by atoms with van der Waals surface area (Å²) in [6, 6.07) is 0. The van der Waals surface area contributed by atoms with E-state index in [1.165, 1.54) is 12.8 Å². The molecule has 0 spiro atoms. The van der Waals surface area contributed by atoms with E-state index in [9.17, 15) is 0 Å². The average molecular weight is 181 g/mol. The predicted molar refractivity (Wildman–Crippen MR) is 48.3 cm³/mol. The zero-order chi connectivity index (χ0) is 9.10. The maximum absolute atomic E-state index is 4.90. The van der Waals surface area contributed by atoms with Gasteiger partial charge in [-0.2, -0.15) is 4.98 Å². The van der Waals surface area contributed by atoms with Gasteiger partial charge >= 0.3 is 0 Å². The molecule has 1 N–H and O–H groups in total. The smallest absolute Gasteiger partial charge is 0.223 e. The first-order valence-corrected chi connectivity index (χ1v) is 4.84. The molecule has 1 fully saturated rings. The summed E-state index contributed by atoms with van der Waals surface area (Å²) in [5, 5.41) is 7.22. The van der Waals surface area contributed by atoms with Gasteiger partial charge in [0, 0.05) is 13.3 Å². The topological polar surface area (TPSA) is 51.0 Å². The number of rotatable bonds is 3. The summed E-state index contributed by atoms with van der Waals surface area (Å²) in [5.74, 6) is 2.32. The minimum atomic E-state index is 0.666. The van der Waals surface area contributed by atoms with Gasteiger partial charge in [0.1, 0.15) is 0 Å². The zero-order valence-electron chi connectivity index (χ0n) is 7.92. The molecule has 0 bridgehead atoms. The van der Waals surface area contributed by atoms with E-state index in [1.807, 2.05) is 6.92 Å². The summed E-state index contributed by atoms with van der Waals surface area (Å²) < 4.78 is 4.90. The number of nitrogens with one attached hydrogen (secondary N) is 1. The lowest BCUT2D eigenvalue weighted by atomic mass is 10.0. The van der Waals surface area contributed by atoms with Crippen molar-refractivity contribution in [2.45, 2.75) is 26.2 Å². The Bertz CT molecular complexity index is 266. The number of aromatic nitrogens is 2. The van der Waals surface area contributed by atoms with Crippen molar-refractivity contribution in [3.05, 3.63) is 11.7 Å². The van der Waals surface area contributed by atoms with Crippen LogP contribution in [0.25, 0.3) is 0 Å². The lowest BCUT2D eigenvalue weighted by Gasteiger charge is -2.03. The van der Waals surface area contributed by atoms with Gasteiger partial charge in [0.05, 0.1) is 0 Å². The van der Waals surface area contributed by atoms with Crippen molar-refractivity contribution in [1.29, 1.82) is 0 Å². The molecule has 1 aromatic rings. The largest absolute Gasteiger partial charge is 0.340 e. The SMILES string of the molecule is Cc1nc(CCC2CCNC2)no1. The molecule has 1 aliphatic heterocycles. The van der Waals surface area contributed by atoms with E-state index in [1.54, 1.807) is 0 Å². The highest BCUT2D eigenvalue weighted by atomic mass is 16.5. The Kier molecular flexibility index (Phi) is 2.59. The molecule has 1 aliphatic rings. The fourth-order valence-electron chi connectivity index (χ4n) is 1.74. The van der Waals surface area contributed by atoms with Crippen LogP contribution >= 0.6 is 0 Å². The minimum Gasteiger partial charge on any atom is -0.340 e. The molecular formula is C9H15N3O. The van der Waals surface area contributed by atoms with Crippen molar-refractivity contribution >= 4 is 0 Å². The van der Waals surface area contributed by atoms with Gasteiger partial charge in [0.2, 0.25) is 5.89 Å². The van der Waals surface area contributed by atoms with Gasteiger partial charge in [-0.1, -0.05) is 5.16 Å². The lowest BCUT2D eigenvalue weighted by Crippen LogP contribution is -2.09. The first kappa shape index (κ1) is 8.69. The highest BCUT2D eigenvalue weighted by molar-refractivity contribution is 4.85. The van der Waals surface area contributed by atoms with Crippen molar-refractivity contribution in [2.75, 3.05) is 13.1 Å². The summed E-state index contributed by atoms with van der Waals surface area (Å²) in [7, 11) is 0. The first-order valence-electron chi connectivity index (χ1n) is 4.84. The normalized spacial score (nSPS) is 22.4. The van der Waals surface area contributed by atoms with E-state index in [4.69, 9.17) is 4.52 Å². The predicted octanol–water partition coefficient (Wildman–Crippen LogP) is 0.920. The molecule has 4 heteroatoms. The van der Waals surface area contributed by atoms with E-state index in [0.717, 1.165) is 31.3 Å². The molecule has 1 aromatic heterocycles. The molecule has 2 heterocycles. The van der Waals surface area contributed by atoms with Crippen LogP contribution in [0, 0.1) is 12.8 Å². The van der Waals surface area contributed by atoms with E-state index in [0.29, 0.717) is 5.89 Å². The summed E-state index contributed by atoms with van der Waals surface area (Å²) >= 11 is 0. The third-order valence-electron chi connectivity index (χ3n) is 2.51. The maximum atomic E-state index is 4.90. The molecule has 0 aliphatic carbocycles. The lowest BCUT2D eigenvalue weighted by molar-refractivity contribution is 0.385. The van der Waals surface area contributed by atoms with Crippen LogP contribution in [0.5, 0.6) is 0 Å². The second-order valence-corrected chi connectivity index (χ2v) is 3.63. The molecule has 1 saturated heterocycles. The number of nitrogens with zero attached hydrogens (tertiary/aromatic N) is 2. The van der Waals surface area contributed by atoms with Crippen LogP contribution in [0.2, 0.25) is 0 Å². The fraction of sp³-hybridized carbons (Fsp3) is 0.778. The second kappa shape index (κ2) is 3.87. The standard InChI is InChI=1S/C9H15N3O/c1-7-11-9(12-13-7)3-2-8-4-5-10-6-8/h8,10H,2-6H2,1H3. The number of hydrogen-bond acceptors (Lipinski definition) is 4. The number of aryl methyl sites for hydroxylation is 2. The average Bonchev–Trinajstić information content (AvgIpc) is 2.71. The molecule has 0 saturated carbocycles. The Morgan fingerprint density at radius 1 is 1.62 bits per heavy atom. The van der Waals surface area contributed by atoms with Crippen LogP contribution in [0.15, 0.2) is 4.52 Å². The van der Waals surface area contributed by atoms with E-state index in [2.05, 4.69) is 15.5 Å². The Morgan fingerprint density at radius 3 is 3.15 bits per heavy atom. The molecule has 1 atom stereocenters. The van der Waals surface area contributed by atoms with E-state index < -0.39 is 0 Å². The van der Waals surface area contributed by atoms with Gasteiger partial charge in [-0.05, 0) is 31.8 Å². The molecule has 13 heavy (non-hydrogen) atoms. The van der Waals surface area contributed by atoms with Gasteiger partial charge in [0.25, 0.3) is 0 Å². The van der Waals surface area contributed by atoms with Crippen molar-refractivity contribution in [3.63, 3.8) is 0 Å². The van der Waals surface area contributed by atoms with Gasteiger partial charge in [-0.3, -0.25) is 0 Å². The molecule has 0 amide bonds.